The Morgan fingerprint density at radius 1 is 1.42 bits per heavy atom. The highest BCUT2D eigenvalue weighted by atomic mass is 32.1. The smallest absolute Gasteiger partial charge is 0.320 e. The Labute approximate surface area is 154 Å². The van der Waals surface area contributed by atoms with Crippen LogP contribution in [0, 0.1) is 5.92 Å². The van der Waals surface area contributed by atoms with Crippen LogP contribution in [-0.2, 0) is 12.8 Å². The van der Waals surface area contributed by atoms with Crippen molar-refractivity contribution in [1.82, 2.24) is 10.3 Å². The lowest BCUT2D eigenvalue weighted by Crippen LogP contribution is -2.32. The highest BCUT2D eigenvalue weighted by Gasteiger charge is 2.35. The summed E-state index contributed by atoms with van der Waals surface area (Å²) >= 11 is 1.30. The summed E-state index contributed by atoms with van der Waals surface area (Å²) in [6, 6.07) is 2.48. The predicted molar refractivity (Wildman–Crippen MR) is 96.4 cm³/mol. The quantitative estimate of drug-likeness (QED) is 0.432. The molecule has 0 bridgehead atoms. The molecule has 1 fully saturated rings. The molecule has 8 heteroatoms. The molecule has 2 aliphatic rings. The van der Waals surface area contributed by atoms with E-state index in [-0.39, 0.29) is 5.88 Å². The molecule has 0 saturated heterocycles. The van der Waals surface area contributed by atoms with Crippen molar-refractivity contribution in [2.45, 2.75) is 45.1 Å². The zero-order valence-electron chi connectivity index (χ0n) is 14.4. The highest BCUT2D eigenvalue weighted by molar-refractivity contribution is 7.21. The fourth-order valence-corrected chi connectivity index (χ4v) is 4.47. The van der Waals surface area contributed by atoms with Gasteiger partial charge in [0.25, 0.3) is 6.20 Å². The SMILES string of the molecule is CC1CCc2nc3sc(/C([O-])=N/c4c[n+](C5CC5)no4)c(N)c3cc2C1. The first-order valence-corrected chi connectivity index (χ1v) is 9.75. The molecule has 0 amide bonds. The fourth-order valence-electron chi connectivity index (χ4n) is 3.49. The number of anilines is 1. The van der Waals surface area contributed by atoms with Gasteiger partial charge < -0.3 is 10.8 Å². The third-order valence-electron chi connectivity index (χ3n) is 5.13. The molecule has 0 radical (unpaired) electrons. The first-order valence-electron chi connectivity index (χ1n) is 8.93. The Balaban J connectivity index is 1.53. The van der Waals surface area contributed by atoms with Gasteiger partial charge in [-0.15, -0.1) is 11.3 Å². The molecule has 3 heterocycles. The minimum absolute atomic E-state index is 0.208. The van der Waals surface area contributed by atoms with Crippen LogP contribution in [0.15, 0.2) is 21.8 Å². The number of pyridine rings is 1. The number of fused-ring (bicyclic) bond motifs is 2. The molecule has 0 aromatic carbocycles. The second-order valence-corrected chi connectivity index (χ2v) is 8.31. The molecule has 3 aromatic rings. The summed E-state index contributed by atoms with van der Waals surface area (Å²) in [4.78, 5) is 10.0. The number of thiophene rings is 1. The minimum atomic E-state index is -0.407. The highest BCUT2D eigenvalue weighted by Crippen LogP contribution is 2.36. The average Bonchev–Trinajstić information content (AvgIpc) is 3.29. The summed E-state index contributed by atoms with van der Waals surface area (Å²) in [5.74, 6) is 0.457. The molecule has 134 valence electrons. The van der Waals surface area contributed by atoms with Gasteiger partial charge in [0.15, 0.2) is 6.04 Å². The summed E-state index contributed by atoms with van der Waals surface area (Å²) < 4.78 is 6.86. The van der Waals surface area contributed by atoms with Crippen molar-refractivity contribution < 1.29 is 14.3 Å². The molecule has 0 spiro atoms. The van der Waals surface area contributed by atoms with Crippen molar-refractivity contribution in [2.24, 2.45) is 10.9 Å². The van der Waals surface area contributed by atoms with E-state index in [1.54, 1.807) is 10.9 Å². The standard InChI is InChI=1S/C18H19N5O2S/c1-9-2-5-13-10(6-9)7-12-15(19)16(26-18(12)20-13)17(24)21-14-8-23(22-25-14)11-3-4-11/h7-9,11H,2-6H2,1H3,(H2-,19,21,22,24). The molecule has 5 rings (SSSR count). The predicted octanol–water partition coefficient (Wildman–Crippen LogP) is 2.05. The number of aromatic nitrogens is 3. The first-order chi connectivity index (χ1) is 12.6. The van der Waals surface area contributed by atoms with Crippen LogP contribution < -0.4 is 15.5 Å². The largest absolute Gasteiger partial charge is 0.857 e. The van der Waals surface area contributed by atoms with E-state index < -0.39 is 5.90 Å². The second-order valence-electron chi connectivity index (χ2n) is 7.31. The van der Waals surface area contributed by atoms with Crippen molar-refractivity contribution in [3.05, 3.63) is 28.4 Å². The van der Waals surface area contributed by atoms with E-state index in [1.165, 1.54) is 16.9 Å². The number of hydrogen-bond donors (Lipinski definition) is 1. The zero-order valence-corrected chi connectivity index (χ0v) is 15.3. The maximum Gasteiger partial charge on any atom is 0.320 e. The number of hydrogen-bond acceptors (Lipinski definition) is 7. The van der Waals surface area contributed by atoms with Crippen molar-refractivity contribution in [3.8, 4) is 0 Å². The van der Waals surface area contributed by atoms with Crippen LogP contribution in [0.1, 0.15) is 48.4 Å². The van der Waals surface area contributed by atoms with Crippen LogP contribution in [0.4, 0.5) is 11.6 Å². The second kappa shape index (κ2) is 5.77. The maximum absolute atomic E-state index is 12.6. The van der Waals surface area contributed by atoms with Gasteiger partial charge in [-0.1, -0.05) is 6.92 Å². The average molecular weight is 369 g/mol. The van der Waals surface area contributed by atoms with Gasteiger partial charge in [-0.2, -0.15) is 0 Å². The Morgan fingerprint density at radius 3 is 3.08 bits per heavy atom. The fraction of sp³-hybridized carbons (Fsp3) is 0.444. The maximum atomic E-state index is 12.6. The van der Waals surface area contributed by atoms with E-state index in [1.807, 2.05) is 0 Å². The van der Waals surface area contributed by atoms with E-state index in [0.29, 0.717) is 22.5 Å². The van der Waals surface area contributed by atoms with Crippen LogP contribution in [-0.4, -0.2) is 16.2 Å². The van der Waals surface area contributed by atoms with E-state index >= 15 is 0 Å². The Hall–Kier alpha value is -2.48. The topological polar surface area (TPSA) is 104 Å². The van der Waals surface area contributed by atoms with Crippen molar-refractivity contribution in [3.63, 3.8) is 0 Å². The monoisotopic (exact) mass is 369 g/mol. The molecule has 26 heavy (non-hydrogen) atoms. The van der Waals surface area contributed by atoms with Crippen molar-refractivity contribution >= 4 is 39.0 Å². The van der Waals surface area contributed by atoms with E-state index in [9.17, 15) is 5.11 Å². The van der Waals surface area contributed by atoms with Crippen molar-refractivity contribution in [1.29, 1.82) is 0 Å². The Kier molecular flexibility index (Phi) is 3.49. The number of nitrogen functional groups attached to an aromatic ring is 1. The van der Waals surface area contributed by atoms with Crippen LogP contribution in [0.25, 0.3) is 10.2 Å². The number of aliphatic imine (C=N–C) groups is 1. The van der Waals surface area contributed by atoms with Crippen LogP contribution in [0.5, 0.6) is 0 Å². The summed E-state index contributed by atoms with van der Waals surface area (Å²) in [5, 5.41) is 17.4. The van der Waals surface area contributed by atoms with Gasteiger partial charge in [0.05, 0.1) is 10.6 Å². The van der Waals surface area contributed by atoms with Crippen LogP contribution in [0.2, 0.25) is 0 Å². The van der Waals surface area contributed by atoms with Gasteiger partial charge in [-0.3, -0.25) is 4.52 Å². The van der Waals surface area contributed by atoms with Crippen molar-refractivity contribution in [2.75, 3.05) is 5.73 Å². The number of nitrogens with zero attached hydrogens (tertiary/aromatic N) is 4. The number of rotatable bonds is 3. The van der Waals surface area contributed by atoms with Gasteiger partial charge in [-0.05, 0) is 41.5 Å². The lowest BCUT2D eigenvalue weighted by molar-refractivity contribution is -0.765. The minimum Gasteiger partial charge on any atom is -0.857 e. The molecule has 1 unspecified atom stereocenters. The Bertz CT molecular complexity index is 1030. The molecule has 3 aromatic heterocycles. The van der Waals surface area contributed by atoms with Crippen LogP contribution >= 0.6 is 11.3 Å². The van der Waals surface area contributed by atoms with E-state index in [0.717, 1.165) is 48.0 Å². The molecule has 1 saturated carbocycles. The molecule has 2 N–H and O–H groups in total. The lowest BCUT2D eigenvalue weighted by Gasteiger charge is -2.20. The van der Waals surface area contributed by atoms with E-state index in [4.69, 9.17) is 15.2 Å². The third-order valence-corrected chi connectivity index (χ3v) is 6.23. The first kappa shape index (κ1) is 15.7. The van der Waals surface area contributed by atoms with Crippen LogP contribution in [0.3, 0.4) is 0 Å². The van der Waals surface area contributed by atoms with Gasteiger partial charge >= 0.3 is 5.88 Å². The molecular formula is C18H19N5O2S. The Morgan fingerprint density at radius 2 is 2.27 bits per heavy atom. The summed E-state index contributed by atoms with van der Waals surface area (Å²) in [7, 11) is 0. The number of nitrogens with two attached hydrogens (primary N) is 1. The van der Waals surface area contributed by atoms with Gasteiger partial charge in [0.1, 0.15) is 4.83 Å². The molecule has 0 aliphatic heterocycles. The summed E-state index contributed by atoms with van der Waals surface area (Å²) in [5.41, 5.74) is 9.10. The summed E-state index contributed by atoms with van der Waals surface area (Å²) in [6.07, 6.45) is 6.99. The molecular weight excluding hydrogens is 350 g/mol. The normalized spacial score (nSPS) is 20.5. The number of aryl methyl sites for hydroxylation is 1. The molecule has 7 nitrogen and oxygen atoms in total. The van der Waals surface area contributed by atoms with Gasteiger partial charge in [0, 0.05) is 29.8 Å². The lowest BCUT2D eigenvalue weighted by atomic mass is 9.87. The molecule has 1 atom stereocenters. The zero-order chi connectivity index (χ0) is 17.8. The van der Waals surface area contributed by atoms with Gasteiger partial charge in [-0.25, -0.2) is 9.98 Å². The molecule has 2 aliphatic carbocycles. The van der Waals surface area contributed by atoms with Gasteiger partial charge in [0.2, 0.25) is 5.27 Å². The van der Waals surface area contributed by atoms with E-state index in [2.05, 4.69) is 23.3 Å². The third kappa shape index (κ3) is 2.65. The summed E-state index contributed by atoms with van der Waals surface area (Å²) in [6.45, 7) is 2.25.